The van der Waals surface area contributed by atoms with E-state index in [1.54, 1.807) is 6.20 Å². The second-order valence-electron chi connectivity index (χ2n) is 7.70. The van der Waals surface area contributed by atoms with Gasteiger partial charge in [-0.15, -0.1) is 0 Å². The number of hydrogen-bond acceptors (Lipinski definition) is 4. The fraction of sp³-hybridized carbons (Fsp3) is 0.455. The van der Waals surface area contributed by atoms with Crippen LogP contribution in [-0.2, 0) is 0 Å². The van der Waals surface area contributed by atoms with Crippen molar-refractivity contribution in [1.29, 1.82) is 0 Å². The van der Waals surface area contributed by atoms with Gasteiger partial charge in [-0.25, -0.2) is 9.97 Å². The maximum Gasteiger partial charge on any atom is 0.213 e. The van der Waals surface area contributed by atoms with Crippen molar-refractivity contribution in [2.75, 3.05) is 26.7 Å². The fourth-order valence-corrected chi connectivity index (χ4v) is 4.05. The molecular formula is C22H27ClN4O. The number of piperidine rings is 1. The molecule has 1 N–H and O–H groups in total. The van der Waals surface area contributed by atoms with E-state index in [9.17, 15) is 0 Å². The SMILES string of the molecule is CN1CCC(CCCCOc2cc(-c3nc4c(Cl)cccc4[nH]3)ccn2)CC1. The van der Waals surface area contributed by atoms with Crippen molar-refractivity contribution in [2.24, 2.45) is 5.92 Å². The van der Waals surface area contributed by atoms with Crippen LogP contribution in [0.25, 0.3) is 22.4 Å². The van der Waals surface area contributed by atoms with Gasteiger partial charge < -0.3 is 14.6 Å². The van der Waals surface area contributed by atoms with Crippen LogP contribution in [0.2, 0.25) is 5.02 Å². The van der Waals surface area contributed by atoms with Crippen molar-refractivity contribution in [2.45, 2.75) is 32.1 Å². The van der Waals surface area contributed by atoms with Crippen LogP contribution in [0.4, 0.5) is 0 Å². The molecule has 5 nitrogen and oxygen atoms in total. The largest absolute Gasteiger partial charge is 0.478 e. The highest BCUT2D eigenvalue weighted by molar-refractivity contribution is 6.34. The molecule has 0 atom stereocenters. The second kappa shape index (κ2) is 8.93. The minimum atomic E-state index is 0.642. The van der Waals surface area contributed by atoms with Crippen molar-refractivity contribution in [1.82, 2.24) is 19.9 Å². The molecular weight excluding hydrogens is 372 g/mol. The first-order chi connectivity index (χ1) is 13.7. The molecule has 3 heterocycles. The average Bonchev–Trinajstić information content (AvgIpc) is 3.15. The molecule has 0 amide bonds. The van der Waals surface area contributed by atoms with E-state index in [-0.39, 0.29) is 0 Å². The van der Waals surface area contributed by atoms with E-state index in [0.717, 1.165) is 34.8 Å². The molecule has 1 aliphatic heterocycles. The molecule has 6 heteroatoms. The Balaban J connectivity index is 1.29. The quantitative estimate of drug-likeness (QED) is 0.558. The molecule has 0 aliphatic carbocycles. The molecule has 2 aromatic heterocycles. The number of hydrogen-bond donors (Lipinski definition) is 1. The van der Waals surface area contributed by atoms with E-state index in [1.165, 1.54) is 38.8 Å². The van der Waals surface area contributed by atoms with Crippen LogP contribution >= 0.6 is 11.6 Å². The van der Waals surface area contributed by atoms with Crippen molar-refractivity contribution >= 4 is 22.6 Å². The van der Waals surface area contributed by atoms with Crippen LogP contribution in [0.1, 0.15) is 32.1 Å². The number of rotatable bonds is 7. The normalized spacial score (nSPS) is 15.9. The molecule has 1 aromatic carbocycles. The van der Waals surface area contributed by atoms with Crippen LogP contribution in [0.15, 0.2) is 36.5 Å². The standard InChI is InChI=1S/C22H27ClN4O/c1-27-12-9-16(10-13-27)5-2-3-14-28-20-15-17(8-11-24-20)22-25-19-7-4-6-18(23)21(19)26-22/h4,6-8,11,15-16H,2-3,5,9-10,12-14H2,1H3,(H,25,26). The van der Waals surface area contributed by atoms with E-state index in [2.05, 4.69) is 26.9 Å². The first kappa shape index (κ1) is 19.2. The number of ether oxygens (including phenoxy) is 1. The highest BCUT2D eigenvalue weighted by Crippen LogP contribution is 2.27. The third-order valence-electron chi connectivity index (χ3n) is 5.57. The van der Waals surface area contributed by atoms with Gasteiger partial charge in [0, 0.05) is 17.8 Å². The lowest BCUT2D eigenvalue weighted by Crippen LogP contribution is -2.30. The van der Waals surface area contributed by atoms with Gasteiger partial charge in [-0.3, -0.25) is 0 Å². The number of pyridine rings is 1. The maximum atomic E-state index is 6.23. The highest BCUT2D eigenvalue weighted by Gasteiger charge is 2.16. The van der Waals surface area contributed by atoms with Crippen LogP contribution in [-0.4, -0.2) is 46.6 Å². The summed E-state index contributed by atoms with van der Waals surface area (Å²) in [6.45, 7) is 3.19. The number of benzene rings is 1. The third-order valence-corrected chi connectivity index (χ3v) is 5.87. The Bertz CT molecular complexity index is 918. The summed E-state index contributed by atoms with van der Waals surface area (Å²) < 4.78 is 5.89. The fourth-order valence-electron chi connectivity index (χ4n) is 3.83. The van der Waals surface area contributed by atoms with Gasteiger partial charge in [-0.05, 0) is 69.9 Å². The lowest BCUT2D eigenvalue weighted by Gasteiger charge is -2.28. The molecule has 4 rings (SSSR count). The Kier molecular flexibility index (Phi) is 6.13. The van der Waals surface area contributed by atoms with E-state index < -0.39 is 0 Å². The minimum Gasteiger partial charge on any atom is -0.478 e. The summed E-state index contributed by atoms with van der Waals surface area (Å²) in [4.78, 5) is 14.7. The molecule has 28 heavy (non-hydrogen) atoms. The first-order valence-electron chi connectivity index (χ1n) is 10.1. The Labute approximate surface area is 171 Å². The minimum absolute atomic E-state index is 0.642. The van der Waals surface area contributed by atoms with Crippen LogP contribution < -0.4 is 4.74 Å². The number of imidazole rings is 1. The number of unbranched alkanes of at least 4 members (excludes halogenated alkanes) is 1. The number of fused-ring (bicyclic) bond motifs is 1. The van der Waals surface area contributed by atoms with E-state index >= 15 is 0 Å². The third kappa shape index (κ3) is 4.65. The van der Waals surface area contributed by atoms with Gasteiger partial charge in [-0.2, -0.15) is 0 Å². The summed E-state index contributed by atoms with van der Waals surface area (Å²) in [5.74, 6) is 2.30. The molecule has 0 saturated carbocycles. The lowest BCUT2D eigenvalue weighted by molar-refractivity contribution is 0.205. The van der Waals surface area contributed by atoms with Crippen LogP contribution in [0, 0.1) is 5.92 Å². The second-order valence-corrected chi connectivity index (χ2v) is 8.10. The number of aromatic nitrogens is 3. The molecule has 0 radical (unpaired) electrons. The zero-order valence-electron chi connectivity index (χ0n) is 16.3. The Morgan fingerprint density at radius 2 is 2.07 bits per heavy atom. The topological polar surface area (TPSA) is 54.0 Å². The summed E-state index contributed by atoms with van der Waals surface area (Å²) in [5, 5.41) is 0.648. The maximum absolute atomic E-state index is 6.23. The lowest BCUT2D eigenvalue weighted by atomic mass is 9.92. The molecule has 0 spiro atoms. The highest BCUT2D eigenvalue weighted by atomic mass is 35.5. The van der Waals surface area contributed by atoms with Gasteiger partial charge in [-0.1, -0.05) is 24.1 Å². The summed E-state index contributed by atoms with van der Waals surface area (Å²) in [6, 6.07) is 9.60. The number of halogens is 1. The molecule has 0 bridgehead atoms. The van der Waals surface area contributed by atoms with Crippen molar-refractivity contribution < 1.29 is 4.74 Å². The van der Waals surface area contributed by atoms with Gasteiger partial charge >= 0.3 is 0 Å². The Hall–Kier alpha value is -2.11. The average molecular weight is 399 g/mol. The van der Waals surface area contributed by atoms with Crippen molar-refractivity contribution in [3.8, 4) is 17.3 Å². The molecule has 3 aromatic rings. The Morgan fingerprint density at radius 1 is 1.21 bits per heavy atom. The van der Waals surface area contributed by atoms with Crippen molar-refractivity contribution in [3.63, 3.8) is 0 Å². The van der Waals surface area contributed by atoms with E-state index in [0.29, 0.717) is 17.5 Å². The summed E-state index contributed by atoms with van der Waals surface area (Å²) in [7, 11) is 2.21. The van der Waals surface area contributed by atoms with Crippen molar-refractivity contribution in [3.05, 3.63) is 41.6 Å². The zero-order chi connectivity index (χ0) is 19.3. The molecule has 1 aliphatic rings. The van der Waals surface area contributed by atoms with Gasteiger partial charge in [0.25, 0.3) is 0 Å². The number of likely N-dealkylation sites (tertiary alicyclic amines) is 1. The monoisotopic (exact) mass is 398 g/mol. The van der Waals surface area contributed by atoms with Gasteiger partial charge in [0.1, 0.15) is 11.3 Å². The number of nitrogens with one attached hydrogen (secondary N) is 1. The van der Waals surface area contributed by atoms with E-state index in [4.69, 9.17) is 16.3 Å². The predicted molar refractivity (Wildman–Crippen MR) is 114 cm³/mol. The van der Waals surface area contributed by atoms with Crippen LogP contribution in [0.5, 0.6) is 5.88 Å². The predicted octanol–water partition coefficient (Wildman–Crippen LogP) is 5.17. The molecule has 1 saturated heterocycles. The smallest absolute Gasteiger partial charge is 0.213 e. The van der Waals surface area contributed by atoms with Gasteiger partial charge in [0.15, 0.2) is 0 Å². The number of nitrogens with zero attached hydrogens (tertiary/aromatic N) is 3. The summed E-state index contributed by atoms with van der Waals surface area (Å²) >= 11 is 6.23. The first-order valence-corrected chi connectivity index (χ1v) is 10.5. The number of H-pyrrole nitrogens is 1. The Morgan fingerprint density at radius 3 is 2.89 bits per heavy atom. The molecule has 1 fully saturated rings. The number of para-hydroxylation sites is 1. The van der Waals surface area contributed by atoms with Crippen LogP contribution in [0.3, 0.4) is 0 Å². The van der Waals surface area contributed by atoms with Gasteiger partial charge in [0.05, 0.1) is 17.1 Å². The summed E-state index contributed by atoms with van der Waals surface area (Å²) in [6.07, 6.45) is 8.03. The molecule has 0 unspecified atom stereocenters. The zero-order valence-corrected chi connectivity index (χ0v) is 17.1. The van der Waals surface area contributed by atoms with E-state index in [1.807, 2.05) is 30.3 Å². The summed E-state index contributed by atoms with van der Waals surface area (Å²) in [5.41, 5.74) is 2.66. The van der Waals surface area contributed by atoms with Gasteiger partial charge in [0.2, 0.25) is 5.88 Å². The molecule has 148 valence electrons. The number of aromatic amines is 1.